The maximum absolute atomic E-state index is 13.7. The molecule has 2 amide bonds. The molecule has 196 valence electrons. The molecule has 9 heteroatoms. The Labute approximate surface area is 230 Å². The predicted molar refractivity (Wildman–Crippen MR) is 154 cm³/mol. The number of methoxy groups -OCH3 is 1. The van der Waals surface area contributed by atoms with Crippen LogP contribution in [0.5, 0.6) is 5.75 Å². The van der Waals surface area contributed by atoms with Gasteiger partial charge in [-0.2, -0.15) is 5.10 Å². The molecule has 0 radical (unpaired) electrons. The minimum atomic E-state index is -0.193. The summed E-state index contributed by atoms with van der Waals surface area (Å²) in [6.07, 6.45) is 0. The highest BCUT2D eigenvalue weighted by molar-refractivity contribution is 8.00. The first-order valence-electron chi connectivity index (χ1n) is 12.5. The molecule has 1 aliphatic rings. The smallest absolute Gasteiger partial charge is 0.240 e. The fraction of sp³-hybridized carbons (Fsp3) is 0.276. The third-order valence-electron chi connectivity index (χ3n) is 6.26. The van der Waals surface area contributed by atoms with Crippen molar-refractivity contribution in [3.05, 3.63) is 82.6 Å². The van der Waals surface area contributed by atoms with Crippen molar-refractivity contribution in [2.45, 2.75) is 19.1 Å². The summed E-state index contributed by atoms with van der Waals surface area (Å²) in [5.41, 5.74) is 3.46. The van der Waals surface area contributed by atoms with Crippen molar-refractivity contribution in [3.8, 4) is 22.7 Å². The lowest BCUT2D eigenvalue weighted by atomic mass is 10.0. The number of nitrogens with zero attached hydrogens (tertiary/aromatic N) is 3. The Morgan fingerprint density at radius 3 is 2.53 bits per heavy atom. The van der Waals surface area contributed by atoms with E-state index in [9.17, 15) is 9.59 Å². The van der Waals surface area contributed by atoms with Crippen LogP contribution in [0.3, 0.4) is 0 Å². The summed E-state index contributed by atoms with van der Waals surface area (Å²) in [5.74, 6) is 1.60. The van der Waals surface area contributed by atoms with Crippen molar-refractivity contribution < 1.29 is 14.3 Å². The summed E-state index contributed by atoms with van der Waals surface area (Å²) < 4.78 is 7.17. The number of anilines is 1. The van der Waals surface area contributed by atoms with Crippen molar-refractivity contribution in [2.24, 2.45) is 5.92 Å². The first-order valence-corrected chi connectivity index (χ1v) is 14.4. The fourth-order valence-corrected chi connectivity index (χ4v) is 6.59. The van der Waals surface area contributed by atoms with Gasteiger partial charge in [-0.1, -0.05) is 50.2 Å². The number of hydrogen-bond donors (Lipinski definition) is 1. The number of aromatic nitrogens is 2. The Morgan fingerprint density at radius 2 is 1.87 bits per heavy atom. The highest BCUT2D eigenvalue weighted by Crippen LogP contribution is 2.49. The molecule has 4 aromatic rings. The van der Waals surface area contributed by atoms with Crippen LogP contribution in [0.25, 0.3) is 16.9 Å². The molecule has 1 atom stereocenters. The number of nitrogens with one attached hydrogen (secondary N) is 1. The number of carbonyl (C=O) groups is 2. The molecule has 0 saturated heterocycles. The highest BCUT2D eigenvalue weighted by atomic mass is 32.2. The lowest BCUT2D eigenvalue weighted by molar-refractivity contribution is -0.123. The van der Waals surface area contributed by atoms with Gasteiger partial charge >= 0.3 is 0 Å². The van der Waals surface area contributed by atoms with Crippen molar-refractivity contribution in [1.82, 2.24) is 15.1 Å². The molecule has 0 bridgehead atoms. The molecule has 1 N–H and O–H groups in total. The number of amides is 2. The molecule has 5 rings (SSSR count). The van der Waals surface area contributed by atoms with Crippen molar-refractivity contribution in [3.63, 3.8) is 0 Å². The minimum Gasteiger partial charge on any atom is -0.497 e. The summed E-state index contributed by atoms with van der Waals surface area (Å²) in [4.78, 5) is 29.5. The summed E-state index contributed by atoms with van der Waals surface area (Å²) in [6, 6.07) is 21.7. The number of rotatable bonds is 8. The van der Waals surface area contributed by atoms with Gasteiger partial charge in [-0.25, -0.2) is 4.68 Å². The third kappa shape index (κ3) is 5.35. The quantitative estimate of drug-likeness (QED) is 0.314. The van der Waals surface area contributed by atoms with Gasteiger partial charge in [-0.15, -0.1) is 23.1 Å². The topological polar surface area (TPSA) is 76.5 Å². The van der Waals surface area contributed by atoms with Crippen LogP contribution < -0.4 is 15.0 Å². The van der Waals surface area contributed by atoms with Gasteiger partial charge in [0.2, 0.25) is 11.8 Å². The SMILES string of the molecule is COc1ccc(-n2nc(-c3ccccc3)c3c2N(CC(=O)NCC(C)C)C(=O)CSC3c2cccs2)cc1. The number of fused-ring (bicyclic) bond motifs is 1. The molecule has 2 aromatic heterocycles. The Balaban J connectivity index is 1.73. The molecule has 38 heavy (non-hydrogen) atoms. The summed E-state index contributed by atoms with van der Waals surface area (Å²) >= 11 is 3.24. The van der Waals surface area contributed by atoms with E-state index in [2.05, 4.69) is 16.8 Å². The number of benzene rings is 2. The molecule has 0 aliphatic carbocycles. The van der Waals surface area contributed by atoms with E-state index in [0.717, 1.165) is 33.1 Å². The van der Waals surface area contributed by atoms with E-state index in [4.69, 9.17) is 9.84 Å². The van der Waals surface area contributed by atoms with Crippen LogP contribution in [0.4, 0.5) is 5.82 Å². The van der Waals surface area contributed by atoms with Crippen molar-refractivity contribution in [2.75, 3.05) is 30.9 Å². The van der Waals surface area contributed by atoms with Gasteiger partial charge in [0.1, 0.15) is 18.1 Å². The predicted octanol–water partition coefficient (Wildman–Crippen LogP) is 5.55. The Kier molecular flexibility index (Phi) is 7.85. The molecular weight excluding hydrogens is 516 g/mol. The molecule has 0 saturated carbocycles. The zero-order valence-corrected chi connectivity index (χ0v) is 23.2. The largest absolute Gasteiger partial charge is 0.497 e. The number of thioether (sulfide) groups is 1. The van der Waals surface area contributed by atoms with Crippen LogP contribution in [0.1, 0.15) is 29.5 Å². The molecule has 0 spiro atoms. The standard InChI is InChI=1S/C29H30N4O3S2/c1-19(2)16-30-24(34)17-32-25(35)18-38-28(23-10-7-15-37-23)26-27(20-8-5-4-6-9-20)31-33(29(26)32)21-11-13-22(36-3)14-12-21/h4-15,19,28H,16-18H2,1-3H3,(H,30,34). The summed E-state index contributed by atoms with van der Waals surface area (Å²) in [6.45, 7) is 4.56. The van der Waals surface area contributed by atoms with E-state index in [1.54, 1.807) is 39.8 Å². The van der Waals surface area contributed by atoms with E-state index < -0.39 is 0 Å². The van der Waals surface area contributed by atoms with Gasteiger partial charge in [-0.3, -0.25) is 14.5 Å². The molecule has 0 fully saturated rings. The normalized spacial score (nSPS) is 15.3. The van der Waals surface area contributed by atoms with E-state index >= 15 is 0 Å². The van der Waals surface area contributed by atoms with Crippen LogP contribution in [-0.4, -0.2) is 47.5 Å². The lowest BCUT2D eigenvalue weighted by Crippen LogP contribution is -2.43. The van der Waals surface area contributed by atoms with Crippen LogP contribution in [0, 0.1) is 5.92 Å². The number of ether oxygens (including phenoxy) is 1. The average Bonchev–Trinajstić information content (AvgIpc) is 3.58. The summed E-state index contributed by atoms with van der Waals surface area (Å²) in [5, 5.41) is 10.0. The third-order valence-corrected chi connectivity index (χ3v) is 8.59. The Bertz CT molecular complexity index is 1400. The zero-order chi connectivity index (χ0) is 26.6. The number of thiophene rings is 1. The Hall–Kier alpha value is -3.56. The van der Waals surface area contributed by atoms with Crippen LogP contribution in [-0.2, 0) is 9.59 Å². The summed E-state index contributed by atoms with van der Waals surface area (Å²) in [7, 11) is 1.63. The van der Waals surface area contributed by atoms with Gasteiger partial charge in [0.05, 0.1) is 29.5 Å². The second-order valence-corrected chi connectivity index (χ2v) is 11.5. The molecule has 1 aliphatic heterocycles. The molecule has 7 nitrogen and oxygen atoms in total. The second-order valence-electron chi connectivity index (χ2n) is 9.45. The van der Waals surface area contributed by atoms with Gasteiger partial charge in [0, 0.05) is 22.5 Å². The van der Waals surface area contributed by atoms with E-state index in [1.807, 2.05) is 74.5 Å². The van der Waals surface area contributed by atoms with Gasteiger partial charge in [0.15, 0.2) is 0 Å². The molecule has 1 unspecified atom stereocenters. The minimum absolute atomic E-state index is 0.0770. The highest BCUT2D eigenvalue weighted by Gasteiger charge is 2.38. The molecule has 3 heterocycles. The van der Waals surface area contributed by atoms with Crippen LogP contribution in [0.15, 0.2) is 72.1 Å². The van der Waals surface area contributed by atoms with Gasteiger partial charge in [-0.05, 0) is 41.6 Å². The second kappa shape index (κ2) is 11.4. The number of hydrogen-bond acceptors (Lipinski definition) is 6. The van der Waals surface area contributed by atoms with Crippen LogP contribution in [0.2, 0.25) is 0 Å². The lowest BCUT2D eigenvalue weighted by Gasteiger charge is -2.23. The monoisotopic (exact) mass is 546 g/mol. The maximum Gasteiger partial charge on any atom is 0.240 e. The first kappa shape index (κ1) is 26.1. The van der Waals surface area contributed by atoms with Crippen molar-refractivity contribution >= 4 is 40.7 Å². The van der Waals surface area contributed by atoms with E-state index in [0.29, 0.717) is 18.3 Å². The van der Waals surface area contributed by atoms with Gasteiger partial charge in [0.25, 0.3) is 0 Å². The van der Waals surface area contributed by atoms with E-state index in [1.165, 1.54) is 0 Å². The van der Waals surface area contributed by atoms with Crippen LogP contribution >= 0.6 is 23.1 Å². The van der Waals surface area contributed by atoms with Gasteiger partial charge < -0.3 is 10.1 Å². The average molecular weight is 547 g/mol. The fourth-order valence-electron chi connectivity index (χ4n) is 4.41. The number of carbonyl (C=O) groups excluding carboxylic acids is 2. The Morgan fingerprint density at radius 1 is 1.11 bits per heavy atom. The molecule has 2 aromatic carbocycles. The zero-order valence-electron chi connectivity index (χ0n) is 21.6. The maximum atomic E-state index is 13.7. The van der Waals surface area contributed by atoms with E-state index in [-0.39, 0.29) is 29.4 Å². The van der Waals surface area contributed by atoms with Crippen molar-refractivity contribution in [1.29, 1.82) is 0 Å². The first-order chi connectivity index (χ1) is 18.5. The molecular formula is C29H30N4O3S2.